The van der Waals surface area contributed by atoms with Crippen molar-refractivity contribution in [1.82, 2.24) is 19.8 Å². The van der Waals surface area contributed by atoms with Gasteiger partial charge in [0.15, 0.2) is 5.82 Å². The van der Waals surface area contributed by atoms with Gasteiger partial charge in [-0.1, -0.05) is 6.07 Å². The van der Waals surface area contributed by atoms with E-state index in [4.69, 9.17) is 5.84 Å². The summed E-state index contributed by atoms with van der Waals surface area (Å²) in [4.78, 5) is 26.7. The highest BCUT2D eigenvalue weighted by Gasteiger charge is 2.37. The molecule has 2 aromatic carbocycles. The number of nitrogens with zero attached hydrogens (tertiary/aromatic N) is 6. The summed E-state index contributed by atoms with van der Waals surface area (Å²) >= 11 is 0. The Bertz CT molecular complexity index is 1420. The SMILES string of the molecule is Cc1ccc(NC(=O)c2cc(N3CCN(C)CC3)c(F)c(C(F)(F)F)c2)cc1N(N)/C=C(/c1cncnc1)N(C)C. The van der Waals surface area contributed by atoms with E-state index in [0.29, 0.717) is 49.3 Å². The zero-order valence-corrected chi connectivity index (χ0v) is 23.2. The van der Waals surface area contributed by atoms with Gasteiger partial charge in [0, 0.05) is 75.7 Å². The van der Waals surface area contributed by atoms with Crippen LogP contribution in [0.25, 0.3) is 5.70 Å². The van der Waals surface area contributed by atoms with Crippen molar-refractivity contribution < 1.29 is 22.4 Å². The van der Waals surface area contributed by atoms with Gasteiger partial charge in [-0.15, -0.1) is 0 Å². The molecule has 0 atom stereocenters. The number of nitrogens with one attached hydrogen (secondary N) is 1. The number of carbonyl (C=O) groups is 1. The quantitative estimate of drug-likeness (QED) is 0.248. The van der Waals surface area contributed by atoms with Crippen molar-refractivity contribution in [3.05, 3.63) is 83.3 Å². The first-order valence-electron chi connectivity index (χ1n) is 12.8. The van der Waals surface area contributed by atoms with Crippen LogP contribution in [-0.4, -0.2) is 73.0 Å². The van der Waals surface area contributed by atoms with Crippen molar-refractivity contribution in [2.24, 2.45) is 5.84 Å². The Hall–Kier alpha value is -4.23. The van der Waals surface area contributed by atoms with Crippen molar-refractivity contribution in [3.63, 3.8) is 0 Å². The number of aromatic nitrogens is 2. The fourth-order valence-corrected chi connectivity index (χ4v) is 4.47. The second kappa shape index (κ2) is 12.1. The number of carbonyl (C=O) groups excluding carboxylic acids is 1. The zero-order chi connectivity index (χ0) is 29.9. The Morgan fingerprint density at radius 2 is 1.71 bits per heavy atom. The Morgan fingerprint density at radius 3 is 2.32 bits per heavy atom. The van der Waals surface area contributed by atoms with E-state index in [2.05, 4.69) is 15.3 Å². The van der Waals surface area contributed by atoms with Crippen LogP contribution in [0.3, 0.4) is 0 Å². The molecule has 4 rings (SSSR count). The highest BCUT2D eigenvalue weighted by Crippen LogP contribution is 2.37. The molecule has 0 saturated carbocycles. The van der Waals surface area contributed by atoms with Crippen molar-refractivity contribution in [2.45, 2.75) is 13.1 Å². The molecular formula is C28H32F4N8O. The summed E-state index contributed by atoms with van der Waals surface area (Å²) in [6.45, 7) is 3.61. The molecule has 218 valence electrons. The van der Waals surface area contributed by atoms with Gasteiger partial charge < -0.3 is 20.0 Å². The van der Waals surface area contributed by atoms with E-state index < -0.39 is 23.5 Å². The molecule has 1 aliphatic heterocycles. The van der Waals surface area contributed by atoms with E-state index in [-0.39, 0.29) is 11.3 Å². The van der Waals surface area contributed by atoms with Crippen molar-refractivity contribution >= 4 is 28.7 Å². The van der Waals surface area contributed by atoms with Crippen LogP contribution in [-0.2, 0) is 6.18 Å². The van der Waals surface area contributed by atoms with Crippen LogP contribution in [0, 0.1) is 12.7 Å². The van der Waals surface area contributed by atoms with Gasteiger partial charge in [0.1, 0.15) is 6.33 Å². The van der Waals surface area contributed by atoms with Gasteiger partial charge in [0.05, 0.1) is 22.6 Å². The largest absolute Gasteiger partial charge is 0.419 e. The highest BCUT2D eigenvalue weighted by atomic mass is 19.4. The number of piperazine rings is 1. The number of alkyl halides is 3. The molecule has 41 heavy (non-hydrogen) atoms. The molecular weight excluding hydrogens is 540 g/mol. The van der Waals surface area contributed by atoms with Crippen molar-refractivity contribution in [3.8, 4) is 0 Å². The van der Waals surface area contributed by atoms with Crippen molar-refractivity contribution in [2.75, 3.05) is 62.5 Å². The average molecular weight is 573 g/mol. The fraction of sp³-hybridized carbons (Fsp3) is 0.321. The molecule has 0 radical (unpaired) electrons. The third kappa shape index (κ3) is 6.92. The lowest BCUT2D eigenvalue weighted by Gasteiger charge is -2.34. The molecule has 3 N–H and O–H groups in total. The van der Waals surface area contributed by atoms with E-state index in [1.807, 2.05) is 37.9 Å². The molecule has 1 saturated heterocycles. The number of halogens is 4. The maximum Gasteiger partial charge on any atom is 0.419 e. The third-order valence-corrected chi connectivity index (χ3v) is 6.81. The molecule has 0 aliphatic carbocycles. The summed E-state index contributed by atoms with van der Waals surface area (Å²) in [5.74, 6) is 4.18. The van der Waals surface area contributed by atoms with Gasteiger partial charge in [0.25, 0.3) is 5.91 Å². The van der Waals surface area contributed by atoms with Crippen LogP contribution in [0.15, 0.2) is 55.3 Å². The first-order chi connectivity index (χ1) is 19.3. The summed E-state index contributed by atoms with van der Waals surface area (Å²) < 4.78 is 56.3. The number of amides is 1. The summed E-state index contributed by atoms with van der Waals surface area (Å²) in [5.41, 5.74) is 1.01. The predicted molar refractivity (Wildman–Crippen MR) is 151 cm³/mol. The molecule has 1 amide bonds. The van der Waals surface area contributed by atoms with E-state index in [1.165, 1.54) is 22.3 Å². The number of aryl methyl sites for hydroxylation is 1. The molecule has 1 aromatic heterocycles. The van der Waals surface area contributed by atoms with Crippen LogP contribution in [0.2, 0.25) is 0 Å². The lowest BCUT2D eigenvalue weighted by atomic mass is 10.1. The van der Waals surface area contributed by atoms with Crippen LogP contribution >= 0.6 is 0 Å². The summed E-state index contributed by atoms with van der Waals surface area (Å²) in [7, 11) is 5.55. The Morgan fingerprint density at radius 1 is 1.05 bits per heavy atom. The second-order valence-electron chi connectivity index (χ2n) is 10.0. The minimum atomic E-state index is -4.97. The van der Waals surface area contributed by atoms with Gasteiger partial charge in [0.2, 0.25) is 0 Å². The minimum Gasteiger partial charge on any atom is -0.376 e. The number of benzene rings is 2. The maximum absolute atomic E-state index is 15.0. The Labute approximate surface area is 235 Å². The molecule has 1 fully saturated rings. The van der Waals surface area contributed by atoms with E-state index in [1.54, 1.807) is 36.8 Å². The standard InChI is InChI=1S/C28H32F4N8O/c1-18-5-6-21(13-23(18)40(33)16-25(37(2)3)20-14-34-17-35-15-20)36-27(41)19-11-22(28(30,31)32)26(29)24(12-19)39-9-7-38(4)8-10-39/h5-6,11-17H,7-10,33H2,1-4H3,(H,36,41)/b25-16-. The highest BCUT2D eigenvalue weighted by molar-refractivity contribution is 6.05. The predicted octanol–water partition coefficient (Wildman–Crippen LogP) is 4.19. The number of hydrazine groups is 1. The fourth-order valence-electron chi connectivity index (χ4n) is 4.47. The number of hydrogen-bond donors (Lipinski definition) is 2. The molecule has 0 unspecified atom stereocenters. The first-order valence-corrected chi connectivity index (χ1v) is 12.8. The monoisotopic (exact) mass is 572 g/mol. The number of anilines is 3. The van der Waals surface area contributed by atoms with Gasteiger partial charge in [-0.2, -0.15) is 13.2 Å². The number of nitrogens with two attached hydrogens (primary N) is 1. The van der Waals surface area contributed by atoms with Crippen LogP contribution in [0.5, 0.6) is 0 Å². The molecule has 3 aromatic rings. The smallest absolute Gasteiger partial charge is 0.376 e. The topological polar surface area (TPSA) is 93.9 Å². The van der Waals surface area contributed by atoms with E-state index >= 15 is 4.39 Å². The molecule has 1 aliphatic rings. The van der Waals surface area contributed by atoms with Crippen LogP contribution in [0.1, 0.15) is 27.0 Å². The molecule has 0 bridgehead atoms. The maximum atomic E-state index is 15.0. The Balaban J connectivity index is 1.64. The minimum absolute atomic E-state index is 0.248. The number of likely N-dealkylation sites (N-methyl/N-ethyl adjacent to an activating group) is 1. The Kier molecular flexibility index (Phi) is 8.78. The first kappa shape index (κ1) is 29.7. The molecule has 13 heteroatoms. The molecule has 2 heterocycles. The lowest BCUT2D eigenvalue weighted by molar-refractivity contribution is -0.139. The normalized spacial score (nSPS) is 14.7. The zero-order valence-electron chi connectivity index (χ0n) is 23.2. The average Bonchev–Trinajstić information content (AvgIpc) is 2.93. The number of rotatable bonds is 7. The van der Waals surface area contributed by atoms with E-state index in [9.17, 15) is 18.0 Å². The summed E-state index contributed by atoms with van der Waals surface area (Å²) in [6, 6.07) is 6.66. The third-order valence-electron chi connectivity index (χ3n) is 6.81. The second-order valence-corrected chi connectivity index (χ2v) is 10.0. The molecule has 0 spiro atoms. The van der Waals surface area contributed by atoms with Gasteiger partial charge in [-0.05, 0) is 43.8 Å². The van der Waals surface area contributed by atoms with Crippen LogP contribution in [0.4, 0.5) is 34.6 Å². The van der Waals surface area contributed by atoms with Gasteiger partial charge in [-0.25, -0.2) is 20.2 Å². The lowest BCUT2D eigenvalue weighted by Crippen LogP contribution is -2.45. The van der Waals surface area contributed by atoms with Gasteiger partial charge in [-0.3, -0.25) is 9.80 Å². The molecule has 9 nitrogen and oxygen atoms in total. The van der Waals surface area contributed by atoms with Crippen molar-refractivity contribution in [1.29, 1.82) is 0 Å². The van der Waals surface area contributed by atoms with Gasteiger partial charge >= 0.3 is 6.18 Å². The van der Waals surface area contributed by atoms with Crippen LogP contribution < -0.4 is 21.1 Å². The summed E-state index contributed by atoms with van der Waals surface area (Å²) in [6.07, 6.45) is 1.40. The summed E-state index contributed by atoms with van der Waals surface area (Å²) in [5, 5.41) is 4.01. The van der Waals surface area contributed by atoms with E-state index in [0.717, 1.165) is 11.1 Å². The number of hydrogen-bond acceptors (Lipinski definition) is 8.